The van der Waals surface area contributed by atoms with Gasteiger partial charge >= 0.3 is 0 Å². The van der Waals surface area contributed by atoms with Gasteiger partial charge in [0.25, 0.3) is 5.91 Å². The first-order valence-electron chi connectivity index (χ1n) is 8.80. The Morgan fingerprint density at radius 3 is 3.08 bits per heavy atom. The maximum atomic E-state index is 12.7. The molecule has 0 radical (unpaired) electrons. The van der Waals surface area contributed by atoms with Crippen molar-refractivity contribution in [2.24, 2.45) is 13.0 Å². The minimum absolute atomic E-state index is 0.0487. The van der Waals surface area contributed by atoms with E-state index in [4.69, 9.17) is 4.74 Å². The lowest BCUT2D eigenvalue weighted by molar-refractivity contribution is -0.0317. The third-order valence-corrected chi connectivity index (χ3v) is 4.91. The molecule has 1 fully saturated rings. The summed E-state index contributed by atoms with van der Waals surface area (Å²) in [7, 11) is 1.92. The molecule has 4 heterocycles. The van der Waals surface area contributed by atoms with Crippen molar-refractivity contribution in [3.8, 4) is 0 Å². The zero-order chi connectivity index (χ0) is 17.9. The van der Waals surface area contributed by atoms with Crippen LogP contribution in [0.5, 0.6) is 0 Å². The molecule has 1 amide bonds. The fourth-order valence-corrected chi connectivity index (χ4v) is 3.55. The third kappa shape index (κ3) is 3.17. The van der Waals surface area contributed by atoms with Gasteiger partial charge in [-0.05, 0) is 31.0 Å². The molecule has 0 unspecified atom stereocenters. The number of ether oxygens (including phenoxy) is 1. The van der Waals surface area contributed by atoms with E-state index in [0.717, 1.165) is 36.0 Å². The molecule has 0 aromatic carbocycles. The van der Waals surface area contributed by atoms with Crippen LogP contribution in [-0.4, -0.2) is 38.8 Å². The molecule has 2 atom stereocenters. The van der Waals surface area contributed by atoms with Crippen LogP contribution >= 0.6 is 0 Å². The van der Waals surface area contributed by atoms with E-state index in [1.165, 1.54) is 0 Å². The summed E-state index contributed by atoms with van der Waals surface area (Å²) in [5, 5.41) is 8.07. The van der Waals surface area contributed by atoms with E-state index in [1.54, 1.807) is 36.9 Å². The van der Waals surface area contributed by atoms with Gasteiger partial charge in [-0.15, -0.1) is 0 Å². The summed E-state index contributed by atoms with van der Waals surface area (Å²) >= 11 is 0. The number of fused-ring (bicyclic) bond motifs is 1. The zero-order valence-electron chi connectivity index (χ0n) is 14.6. The highest BCUT2D eigenvalue weighted by molar-refractivity contribution is 6.05. The molecule has 0 bridgehead atoms. The van der Waals surface area contributed by atoms with Crippen molar-refractivity contribution >= 4 is 16.8 Å². The number of pyridine rings is 2. The summed E-state index contributed by atoms with van der Waals surface area (Å²) in [6.45, 7) is 1.29. The summed E-state index contributed by atoms with van der Waals surface area (Å²) in [4.78, 5) is 21.1. The van der Waals surface area contributed by atoms with Gasteiger partial charge in [0.05, 0.1) is 16.8 Å². The SMILES string of the molecule is Cn1nccc1[C@@H]1OCCC[C@H]1CNC(=O)c1ccnc2ccncc12. The standard InChI is InChI=1S/C19H21N5O2/c1-24-17(6-9-23-24)18-13(3-2-10-26-18)11-22-19(25)14-4-8-21-16-5-7-20-12-15(14)16/h4-9,12-13,18H,2-3,10-11H2,1H3,(H,22,25)/t13-,18+/m0/s1. The normalized spacial score (nSPS) is 20.2. The molecule has 1 N–H and O–H groups in total. The maximum Gasteiger partial charge on any atom is 0.252 e. The van der Waals surface area contributed by atoms with E-state index in [0.29, 0.717) is 12.1 Å². The first-order chi connectivity index (χ1) is 12.7. The predicted octanol–water partition coefficient (Wildman–Crippen LogP) is 2.26. The average molecular weight is 351 g/mol. The smallest absolute Gasteiger partial charge is 0.252 e. The van der Waals surface area contributed by atoms with E-state index in [2.05, 4.69) is 20.4 Å². The van der Waals surface area contributed by atoms with Crippen molar-refractivity contribution in [3.63, 3.8) is 0 Å². The lowest BCUT2D eigenvalue weighted by atomic mass is 9.92. The quantitative estimate of drug-likeness (QED) is 0.780. The van der Waals surface area contributed by atoms with Gasteiger partial charge in [-0.3, -0.25) is 19.4 Å². The Balaban J connectivity index is 1.50. The fraction of sp³-hybridized carbons (Fsp3) is 0.368. The van der Waals surface area contributed by atoms with Crippen LogP contribution in [0.15, 0.2) is 43.0 Å². The van der Waals surface area contributed by atoms with Crippen LogP contribution < -0.4 is 5.32 Å². The lowest BCUT2D eigenvalue weighted by Gasteiger charge is -2.32. The van der Waals surface area contributed by atoms with E-state index >= 15 is 0 Å². The maximum absolute atomic E-state index is 12.7. The molecule has 0 spiro atoms. The number of hydrogen-bond donors (Lipinski definition) is 1. The van der Waals surface area contributed by atoms with E-state index < -0.39 is 0 Å². The van der Waals surface area contributed by atoms with Gasteiger partial charge < -0.3 is 10.1 Å². The Hall–Kier alpha value is -2.80. The van der Waals surface area contributed by atoms with Gasteiger partial charge in [0.1, 0.15) is 6.10 Å². The van der Waals surface area contributed by atoms with Crippen molar-refractivity contribution in [1.82, 2.24) is 25.1 Å². The third-order valence-electron chi connectivity index (χ3n) is 4.91. The van der Waals surface area contributed by atoms with Crippen LogP contribution in [0.1, 0.15) is 35.0 Å². The van der Waals surface area contributed by atoms with Crippen molar-refractivity contribution in [2.45, 2.75) is 18.9 Å². The van der Waals surface area contributed by atoms with E-state index in [-0.39, 0.29) is 17.9 Å². The molecule has 3 aromatic heterocycles. The molecule has 26 heavy (non-hydrogen) atoms. The molecule has 1 aliphatic rings. The van der Waals surface area contributed by atoms with Gasteiger partial charge in [0, 0.05) is 56.3 Å². The van der Waals surface area contributed by atoms with Gasteiger partial charge in [0.15, 0.2) is 0 Å². The highest BCUT2D eigenvalue weighted by Gasteiger charge is 2.30. The summed E-state index contributed by atoms with van der Waals surface area (Å²) in [6.07, 6.45) is 8.74. The first-order valence-corrected chi connectivity index (χ1v) is 8.80. The molecule has 4 rings (SSSR count). The monoisotopic (exact) mass is 351 g/mol. The number of nitrogens with zero attached hydrogens (tertiary/aromatic N) is 4. The molecule has 0 aliphatic carbocycles. The Labute approximate surface area is 151 Å². The van der Waals surface area contributed by atoms with E-state index in [1.807, 2.05) is 17.8 Å². The second-order valence-electron chi connectivity index (χ2n) is 6.53. The number of aryl methyl sites for hydroxylation is 1. The van der Waals surface area contributed by atoms with Gasteiger partial charge in [-0.25, -0.2) is 0 Å². The average Bonchev–Trinajstić information content (AvgIpc) is 3.11. The lowest BCUT2D eigenvalue weighted by Crippen LogP contribution is -2.35. The summed E-state index contributed by atoms with van der Waals surface area (Å²) in [5.41, 5.74) is 2.40. The number of nitrogens with one attached hydrogen (secondary N) is 1. The van der Waals surface area contributed by atoms with Crippen LogP contribution in [0.4, 0.5) is 0 Å². The van der Waals surface area contributed by atoms with Crippen LogP contribution in [-0.2, 0) is 11.8 Å². The highest BCUT2D eigenvalue weighted by Crippen LogP contribution is 2.32. The second kappa shape index (κ2) is 7.21. The summed E-state index contributed by atoms with van der Waals surface area (Å²) < 4.78 is 7.83. The Morgan fingerprint density at radius 1 is 1.31 bits per heavy atom. The van der Waals surface area contributed by atoms with Crippen LogP contribution in [0.2, 0.25) is 0 Å². The number of carbonyl (C=O) groups excluding carboxylic acids is 1. The van der Waals surface area contributed by atoms with Crippen molar-refractivity contribution < 1.29 is 9.53 Å². The molecular weight excluding hydrogens is 330 g/mol. The topological polar surface area (TPSA) is 81.9 Å². The molecule has 134 valence electrons. The number of amides is 1. The first kappa shape index (κ1) is 16.7. The highest BCUT2D eigenvalue weighted by atomic mass is 16.5. The Bertz CT molecular complexity index is 918. The van der Waals surface area contributed by atoms with Crippen molar-refractivity contribution in [3.05, 3.63) is 54.2 Å². The summed E-state index contributed by atoms with van der Waals surface area (Å²) in [5.74, 6) is 0.106. The fourth-order valence-electron chi connectivity index (χ4n) is 3.55. The molecule has 3 aromatic rings. The number of aromatic nitrogens is 4. The van der Waals surface area contributed by atoms with Crippen LogP contribution in [0.25, 0.3) is 10.9 Å². The second-order valence-corrected chi connectivity index (χ2v) is 6.53. The van der Waals surface area contributed by atoms with Crippen LogP contribution in [0.3, 0.4) is 0 Å². The minimum atomic E-state index is -0.111. The minimum Gasteiger partial charge on any atom is -0.372 e. The molecular formula is C19H21N5O2. The molecule has 0 saturated carbocycles. The molecule has 7 heteroatoms. The zero-order valence-corrected chi connectivity index (χ0v) is 14.6. The van der Waals surface area contributed by atoms with Crippen molar-refractivity contribution in [1.29, 1.82) is 0 Å². The number of hydrogen-bond acceptors (Lipinski definition) is 5. The Morgan fingerprint density at radius 2 is 2.23 bits per heavy atom. The number of rotatable bonds is 4. The van der Waals surface area contributed by atoms with Gasteiger partial charge in [0.2, 0.25) is 0 Å². The summed E-state index contributed by atoms with van der Waals surface area (Å²) in [6, 6.07) is 5.52. The molecule has 7 nitrogen and oxygen atoms in total. The molecule has 1 saturated heterocycles. The van der Waals surface area contributed by atoms with E-state index in [9.17, 15) is 4.79 Å². The molecule has 1 aliphatic heterocycles. The van der Waals surface area contributed by atoms with Gasteiger partial charge in [-0.2, -0.15) is 5.10 Å². The van der Waals surface area contributed by atoms with Crippen LogP contribution in [0, 0.1) is 5.92 Å². The largest absolute Gasteiger partial charge is 0.372 e. The Kier molecular flexibility index (Phi) is 4.62. The number of carbonyl (C=O) groups is 1. The van der Waals surface area contributed by atoms with Gasteiger partial charge in [-0.1, -0.05) is 0 Å². The van der Waals surface area contributed by atoms with Crippen molar-refractivity contribution in [2.75, 3.05) is 13.2 Å². The predicted molar refractivity (Wildman–Crippen MR) is 96.5 cm³/mol.